The lowest BCUT2D eigenvalue weighted by Crippen LogP contribution is -2.39. The van der Waals surface area contributed by atoms with Crippen LogP contribution >= 0.6 is 11.8 Å². The molecule has 0 aromatic carbocycles. The van der Waals surface area contributed by atoms with Crippen LogP contribution in [-0.2, 0) is 0 Å². The van der Waals surface area contributed by atoms with Gasteiger partial charge >= 0.3 is 5.69 Å². The van der Waals surface area contributed by atoms with E-state index in [-0.39, 0.29) is 5.69 Å². The molecule has 21 heavy (non-hydrogen) atoms. The Kier molecular flexibility index (Phi) is 5.06. The van der Waals surface area contributed by atoms with Crippen molar-refractivity contribution in [3.63, 3.8) is 0 Å². The number of hydrogen-bond acceptors (Lipinski definition) is 4. The van der Waals surface area contributed by atoms with Crippen LogP contribution in [0.4, 0.5) is 0 Å². The van der Waals surface area contributed by atoms with Crippen molar-refractivity contribution in [2.45, 2.75) is 69.1 Å². The van der Waals surface area contributed by atoms with Gasteiger partial charge in [-0.05, 0) is 38.1 Å². The molecule has 0 bridgehead atoms. The average molecular weight is 310 g/mol. The Morgan fingerprint density at radius 2 is 2.10 bits per heavy atom. The molecular weight excluding hydrogens is 284 g/mol. The Morgan fingerprint density at radius 3 is 2.76 bits per heavy atom. The van der Waals surface area contributed by atoms with E-state index in [9.17, 15) is 4.79 Å². The standard InChI is InChI=1S/C15H26N4OS/c1-2-16-13(11-6-4-3-5-7-11)10-21-15-18-17-14(20)19(15)12-8-9-12/h11-13,16H,2-10H2,1H3,(H,17,20). The average Bonchev–Trinajstić information content (AvgIpc) is 3.28. The predicted octanol–water partition coefficient (Wildman–Crippen LogP) is 2.56. The van der Waals surface area contributed by atoms with Crippen LogP contribution in [0, 0.1) is 5.92 Å². The first-order valence-electron chi connectivity index (χ1n) is 8.32. The minimum atomic E-state index is -0.0438. The van der Waals surface area contributed by atoms with Crippen LogP contribution in [-0.4, -0.2) is 33.1 Å². The summed E-state index contributed by atoms with van der Waals surface area (Å²) in [7, 11) is 0. The van der Waals surface area contributed by atoms with Gasteiger partial charge < -0.3 is 5.32 Å². The molecule has 0 radical (unpaired) electrons. The van der Waals surface area contributed by atoms with E-state index in [4.69, 9.17) is 0 Å². The number of rotatable bonds is 7. The summed E-state index contributed by atoms with van der Waals surface area (Å²) >= 11 is 1.74. The molecule has 2 N–H and O–H groups in total. The third kappa shape index (κ3) is 3.72. The molecule has 2 aliphatic rings. The molecule has 0 spiro atoms. The molecule has 0 aliphatic heterocycles. The topological polar surface area (TPSA) is 62.7 Å². The molecule has 2 saturated carbocycles. The van der Waals surface area contributed by atoms with E-state index >= 15 is 0 Å². The van der Waals surface area contributed by atoms with Crippen molar-refractivity contribution >= 4 is 11.8 Å². The summed E-state index contributed by atoms with van der Waals surface area (Å²) in [5.74, 6) is 1.79. The van der Waals surface area contributed by atoms with Crippen LogP contribution in [0.2, 0.25) is 0 Å². The number of hydrogen-bond donors (Lipinski definition) is 2. The number of aromatic nitrogens is 3. The lowest BCUT2D eigenvalue weighted by molar-refractivity contribution is 0.288. The first-order valence-corrected chi connectivity index (χ1v) is 9.31. The zero-order valence-corrected chi connectivity index (χ0v) is 13.6. The first-order chi connectivity index (χ1) is 10.3. The SMILES string of the molecule is CCNC(CSc1n[nH]c(=O)n1C1CC1)C1CCCCC1. The van der Waals surface area contributed by atoms with Gasteiger partial charge in [-0.2, -0.15) is 0 Å². The highest BCUT2D eigenvalue weighted by Gasteiger charge is 2.29. The molecule has 0 saturated heterocycles. The van der Waals surface area contributed by atoms with E-state index in [1.54, 1.807) is 11.8 Å². The van der Waals surface area contributed by atoms with Gasteiger partial charge in [-0.1, -0.05) is 37.9 Å². The first kappa shape index (κ1) is 15.2. The van der Waals surface area contributed by atoms with Crippen LogP contribution in [0.1, 0.15) is 57.9 Å². The lowest BCUT2D eigenvalue weighted by Gasteiger charge is -2.30. The molecular formula is C15H26N4OS. The fourth-order valence-electron chi connectivity index (χ4n) is 3.37. The predicted molar refractivity (Wildman–Crippen MR) is 85.9 cm³/mol. The Balaban J connectivity index is 1.62. The maximum atomic E-state index is 11.8. The van der Waals surface area contributed by atoms with E-state index in [2.05, 4.69) is 22.4 Å². The second-order valence-corrected chi connectivity index (χ2v) is 7.27. The Labute approximate surface area is 130 Å². The second-order valence-electron chi connectivity index (χ2n) is 6.29. The molecule has 5 nitrogen and oxygen atoms in total. The quantitative estimate of drug-likeness (QED) is 0.760. The molecule has 1 heterocycles. The summed E-state index contributed by atoms with van der Waals surface area (Å²) in [4.78, 5) is 11.8. The Morgan fingerprint density at radius 1 is 1.33 bits per heavy atom. The molecule has 2 aliphatic carbocycles. The molecule has 1 aromatic rings. The van der Waals surface area contributed by atoms with E-state index in [1.165, 1.54) is 32.1 Å². The highest BCUT2D eigenvalue weighted by Crippen LogP contribution is 2.36. The van der Waals surface area contributed by atoms with Crippen LogP contribution in [0.5, 0.6) is 0 Å². The van der Waals surface area contributed by atoms with Gasteiger partial charge in [0.2, 0.25) is 0 Å². The van der Waals surface area contributed by atoms with Crippen LogP contribution in [0.25, 0.3) is 0 Å². The minimum Gasteiger partial charge on any atom is -0.313 e. The molecule has 6 heteroatoms. The summed E-state index contributed by atoms with van der Waals surface area (Å²) in [5.41, 5.74) is -0.0438. The number of nitrogens with zero attached hydrogens (tertiary/aromatic N) is 2. The number of nitrogens with one attached hydrogen (secondary N) is 2. The summed E-state index contributed by atoms with van der Waals surface area (Å²) in [5, 5.41) is 11.3. The third-order valence-electron chi connectivity index (χ3n) is 4.66. The van der Waals surface area contributed by atoms with Crippen LogP contribution in [0.3, 0.4) is 0 Å². The largest absolute Gasteiger partial charge is 0.344 e. The van der Waals surface area contributed by atoms with Gasteiger partial charge in [-0.25, -0.2) is 9.89 Å². The van der Waals surface area contributed by atoms with E-state index < -0.39 is 0 Å². The fourth-order valence-corrected chi connectivity index (χ4v) is 4.57. The fraction of sp³-hybridized carbons (Fsp3) is 0.867. The van der Waals surface area contributed by atoms with E-state index in [0.29, 0.717) is 12.1 Å². The van der Waals surface area contributed by atoms with Gasteiger partial charge in [-0.3, -0.25) is 4.57 Å². The smallest absolute Gasteiger partial charge is 0.313 e. The number of aromatic amines is 1. The third-order valence-corrected chi connectivity index (χ3v) is 5.73. The molecule has 0 amide bonds. The van der Waals surface area contributed by atoms with E-state index in [1.807, 2.05) is 4.57 Å². The van der Waals surface area contributed by atoms with Crippen molar-refractivity contribution in [2.24, 2.45) is 5.92 Å². The number of thioether (sulfide) groups is 1. The van der Waals surface area contributed by atoms with Crippen molar-refractivity contribution in [3.8, 4) is 0 Å². The van der Waals surface area contributed by atoms with Gasteiger partial charge in [0.05, 0.1) is 0 Å². The Hall–Kier alpha value is -0.750. The molecule has 118 valence electrons. The van der Waals surface area contributed by atoms with Gasteiger partial charge in [0.25, 0.3) is 0 Å². The van der Waals surface area contributed by atoms with E-state index in [0.717, 1.165) is 36.2 Å². The Bertz CT molecular complexity index is 502. The molecule has 1 aromatic heterocycles. The van der Waals surface area contributed by atoms with Gasteiger partial charge in [0.1, 0.15) is 0 Å². The minimum absolute atomic E-state index is 0.0438. The van der Waals surface area contributed by atoms with Crippen LogP contribution < -0.4 is 11.0 Å². The lowest BCUT2D eigenvalue weighted by atomic mass is 9.84. The van der Waals surface area contributed by atoms with Crippen molar-refractivity contribution in [1.29, 1.82) is 0 Å². The zero-order chi connectivity index (χ0) is 14.7. The summed E-state index contributed by atoms with van der Waals surface area (Å²) in [6, 6.07) is 0.936. The monoisotopic (exact) mass is 310 g/mol. The zero-order valence-electron chi connectivity index (χ0n) is 12.8. The molecule has 2 fully saturated rings. The highest BCUT2D eigenvalue weighted by molar-refractivity contribution is 7.99. The molecule has 3 rings (SSSR count). The highest BCUT2D eigenvalue weighted by atomic mass is 32.2. The number of H-pyrrole nitrogens is 1. The van der Waals surface area contributed by atoms with Crippen molar-refractivity contribution < 1.29 is 0 Å². The maximum absolute atomic E-state index is 11.8. The van der Waals surface area contributed by atoms with Gasteiger partial charge in [0.15, 0.2) is 5.16 Å². The normalized spacial score (nSPS) is 21.6. The molecule has 1 atom stereocenters. The van der Waals surface area contributed by atoms with Crippen molar-refractivity contribution in [3.05, 3.63) is 10.5 Å². The van der Waals surface area contributed by atoms with Crippen molar-refractivity contribution in [2.75, 3.05) is 12.3 Å². The van der Waals surface area contributed by atoms with Gasteiger partial charge in [-0.15, -0.1) is 5.10 Å². The second kappa shape index (κ2) is 7.01. The van der Waals surface area contributed by atoms with Gasteiger partial charge in [0, 0.05) is 17.8 Å². The summed E-state index contributed by atoms with van der Waals surface area (Å²) < 4.78 is 1.86. The summed E-state index contributed by atoms with van der Waals surface area (Å²) in [6.07, 6.45) is 9.04. The summed E-state index contributed by atoms with van der Waals surface area (Å²) in [6.45, 7) is 3.19. The molecule has 1 unspecified atom stereocenters. The van der Waals surface area contributed by atoms with Crippen LogP contribution in [0.15, 0.2) is 9.95 Å². The maximum Gasteiger partial charge on any atom is 0.344 e. The van der Waals surface area contributed by atoms with Crippen molar-refractivity contribution in [1.82, 2.24) is 20.1 Å².